The number of rotatable bonds is 42. The van der Waals surface area contributed by atoms with Crippen LogP contribution in [-0.4, -0.2) is 93.1 Å². The van der Waals surface area contributed by atoms with E-state index in [1.54, 1.807) is 0 Å². The molecule has 310 valence electrons. The molecule has 0 radical (unpaired) electrons. The first-order chi connectivity index (χ1) is 25.1. The number of quaternary nitrogens is 2. The number of ketones is 1. The second kappa shape index (κ2) is 37.7. The van der Waals surface area contributed by atoms with Gasteiger partial charge in [-0.25, -0.2) is 0 Å². The Hall–Kier alpha value is -0.240. The average Bonchev–Trinajstić information content (AvgIpc) is 3.10. The van der Waals surface area contributed by atoms with Crippen molar-refractivity contribution in [3.8, 4) is 0 Å². The number of hydrogen-bond donors (Lipinski definition) is 1. The smallest absolute Gasteiger partial charge is 0.220 e. The van der Waals surface area contributed by atoms with E-state index in [4.69, 9.17) is 0 Å². The van der Waals surface area contributed by atoms with Crippen LogP contribution in [0, 0.1) is 0 Å². The Morgan fingerprint density at radius 3 is 1.15 bits per heavy atom. The van der Waals surface area contributed by atoms with Gasteiger partial charge in [0.15, 0.2) is 0 Å². The first-order valence-electron chi connectivity index (χ1n) is 22.8. The van der Waals surface area contributed by atoms with E-state index in [-0.39, 0.29) is 5.91 Å². The summed E-state index contributed by atoms with van der Waals surface area (Å²) < 4.78 is 2.07. The highest BCUT2D eigenvalue weighted by atomic mass is 33.1. The van der Waals surface area contributed by atoms with Gasteiger partial charge >= 0.3 is 0 Å². The first kappa shape index (κ1) is 51.8. The lowest BCUT2D eigenvalue weighted by Gasteiger charge is -2.29. The minimum absolute atomic E-state index is 0.192. The van der Waals surface area contributed by atoms with Gasteiger partial charge in [0, 0.05) is 50.2 Å². The lowest BCUT2D eigenvalue weighted by atomic mass is 10.1. The van der Waals surface area contributed by atoms with Crippen LogP contribution >= 0.6 is 21.6 Å². The number of unbranched alkanes of at least 4 members (excludes halogenated alkanes) is 22. The van der Waals surface area contributed by atoms with E-state index in [1.165, 1.54) is 167 Å². The Kier molecular flexibility index (Phi) is 37.5. The van der Waals surface area contributed by atoms with Crippen molar-refractivity contribution in [3.05, 3.63) is 0 Å². The van der Waals surface area contributed by atoms with E-state index in [2.05, 4.69) is 47.4 Å². The molecule has 0 aromatic carbocycles. The van der Waals surface area contributed by atoms with Gasteiger partial charge < -0.3 is 14.3 Å². The molecule has 1 N–H and O–H groups in total. The topological polar surface area (TPSA) is 46.2 Å². The van der Waals surface area contributed by atoms with Crippen LogP contribution in [0.2, 0.25) is 0 Å². The Bertz CT molecular complexity index is 729. The van der Waals surface area contributed by atoms with E-state index >= 15 is 0 Å². The monoisotopic (exact) mass is 772 g/mol. The summed E-state index contributed by atoms with van der Waals surface area (Å²) in [4.78, 5) is 24.8. The second-order valence-electron chi connectivity index (χ2n) is 17.4. The highest BCUT2D eigenvalue weighted by Gasteiger charge is 2.16. The number of hydrogen-bond acceptors (Lipinski definition) is 4. The van der Waals surface area contributed by atoms with Crippen LogP contribution in [-0.2, 0) is 9.59 Å². The van der Waals surface area contributed by atoms with Gasteiger partial charge in [-0.1, -0.05) is 164 Å². The van der Waals surface area contributed by atoms with Gasteiger partial charge in [0.25, 0.3) is 0 Å². The number of nitrogens with one attached hydrogen (secondary N) is 1. The van der Waals surface area contributed by atoms with Gasteiger partial charge in [-0.2, -0.15) is 0 Å². The quantitative estimate of drug-likeness (QED) is 0.0381. The summed E-state index contributed by atoms with van der Waals surface area (Å²) in [5, 5.41) is 3.11. The molecule has 0 aliphatic heterocycles. The molecule has 0 aliphatic carbocycles. The number of carbonyl (C=O) groups excluding carboxylic acids is 2. The van der Waals surface area contributed by atoms with Crippen LogP contribution in [0.1, 0.15) is 206 Å². The summed E-state index contributed by atoms with van der Waals surface area (Å²) in [6, 6.07) is 0. The maximum absolute atomic E-state index is 12.4. The van der Waals surface area contributed by atoms with Crippen LogP contribution in [0.15, 0.2) is 0 Å². The molecule has 0 rings (SSSR count). The summed E-state index contributed by atoms with van der Waals surface area (Å²) in [6.45, 7) is 9.95. The van der Waals surface area contributed by atoms with Crippen LogP contribution in [0.5, 0.6) is 0 Å². The number of carbonyl (C=O) groups is 2. The van der Waals surface area contributed by atoms with Crippen molar-refractivity contribution in [3.63, 3.8) is 0 Å². The number of amides is 1. The van der Waals surface area contributed by atoms with Crippen molar-refractivity contribution in [1.82, 2.24) is 5.32 Å². The Morgan fingerprint density at radius 1 is 0.404 bits per heavy atom. The molecule has 0 aliphatic rings. The maximum atomic E-state index is 12.4. The van der Waals surface area contributed by atoms with Crippen molar-refractivity contribution >= 4 is 33.3 Å². The van der Waals surface area contributed by atoms with E-state index in [0.29, 0.717) is 18.6 Å². The van der Waals surface area contributed by atoms with Gasteiger partial charge in [-0.05, 0) is 32.1 Å². The van der Waals surface area contributed by atoms with E-state index in [9.17, 15) is 9.59 Å². The predicted octanol–water partition coefficient (Wildman–Crippen LogP) is 12.9. The molecule has 0 unspecified atom stereocenters. The van der Waals surface area contributed by atoms with E-state index in [0.717, 1.165) is 65.8 Å². The molecule has 7 heteroatoms. The maximum Gasteiger partial charge on any atom is 0.220 e. The van der Waals surface area contributed by atoms with Crippen molar-refractivity contribution in [1.29, 1.82) is 0 Å². The predicted molar refractivity (Wildman–Crippen MR) is 236 cm³/mol. The minimum atomic E-state index is 0.192. The molecule has 0 heterocycles. The molecule has 0 spiro atoms. The molecule has 0 saturated carbocycles. The third-order valence-electron chi connectivity index (χ3n) is 10.9. The number of nitrogens with zero attached hydrogens (tertiary/aromatic N) is 2. The Labute approximate surface area is 334 Å². The normalized spacial score (nSPS) is 12.1. The molecule has 52 heavy (non-hydrogen) atoms. The lowest BCUT2D eigenvalue weighted by Crippen LogP contribution is -2.41. The third-order valence-corrected chi connectivity index (χ3v) is 13.4. The number of Topliss-reactive ketones (excluding diaryl/α,β-unsaturated/α-hetero) is 1. The van der Waals surface area contributed by atoms with Gasteiger partial charge in [0.2, 0.25) is 5.91 Å². The highest BCUT2D eigenvalue weighted by Crippen LogP contribution is 2.22. The zero-order chi connectivity index (χ0) is 38.4. The summed E-state index contributed by atoms with van der Waals surface area (Å²) in [5.41, 5.74) is 0. The van der Waals surface area contributed by atoms with Crippen LogP contribution in [0.3, 0.4) is 0 Å². The molecule has 0 fully saturated rings. The molecule has 5 nitrogen and oxygen atoms in total. The Balaban J connectivity index is 3.57. The van der Waals surface area contributed by atoms with Crippen molar-refractivity contribution < 1.29 is 18.6 Å². The van der Waals surface area contributed by atoms with Crippen molar-refractivity contribution in [2.45, 2.75) is 206 Å². The Morgan fingerprint density at radius 2 is 0.731 bits per heavy atom. The summed E-state index contributed by atoms with van der Waals surface area (Å²) in [7, 11) is 13.0. The summed E-state index contributed by atoms with van der Waals surface area (Å²) in [6.07, 6.45) is 38.6. The molecular weight excluding hydrogens is 679 g/mol. The van der Waals surface area contributed by atoms with Gasteiger partial charge in [-0.15, -0.1) is 0 Å². The summed E-state index contributed by atoms with van der Waals surface area (Å²) >= 11 is 0. The molecule has 1 amide bonds. The van der Waals surface area contributed by atoms with Crippen LogP contribution < -0.4 is 5.32 Å². The largest absolute Gasteiger partial charge is 0.355 e. The van der Waals surface area contributed by atoms with E-state index in [1.807, 2.05) is 21.6 Å². The van der Waals surface area contributed by atoms with Gasteiger partial charge in [0.1, 0.15) is 5.78 Å². The fourth-order valence-corrected chi connectivity index (χ4v) is 9.24. The van der Waals surface area contributed by atoms with Crippen molar-refractivity contribution in [2.75, 3.05) is 72.4 Å². The van der Waals surface area contributed by atoms with Crippen LogP contribution in [0.4, 0.5) is 0 Å². The highest BCUT2D eigenvalue weighted by molar-refractivity contribution is 8.76. The molecule has 0 aromatic heterocycles. The lowest BCUT2D eigenvalue weighted by molar-refractivity contribution is -0.890. The first-order valence-corrected chi connectivity index (χ1v) is 25.3. The molecule has 0 atom stereocenters. The molecule has 0 aromatic rings. The average molecular weight is 772 g/mol. The van der Waals surface area contributed by atoms with E-state index < -0.39 is 0 Å². The fraction of sp³-hybridized carbons (Fsp3) is 0.956. The van der Waals surface area contributed by atoms with Gasteiger partial charge in [-0.3, -0.25) is 9.59 Å². The summed E-state index contributed by atoms with van der Waals surface area (Å²) in [5.74, 6) is 2.56. The SMILES string of the molecule is CCCCCCCCCCCCCC[N+](C)(C)CCCC(=O)CCCSSCCNC(=O)CCC[N+](C)(C)CCCCCCCCCCCCCC. The molecule has 0 saturated heterocycles. The third kappa shape index (κ3) is 39.5. The second-order valence-corrected chi connectivity index (χ2v) is 20.1. The zero-order valence-corrected chi connectivity index (χ0v) is 37.8. The standard InChI is InChI=1S/C45H92N3O2S2/c1-7-9-11-13-15-17-19-21-23-25-27-29-38-47(3,4)40-31-34-44(49)35-33-42-51-52-43-37-46-45(50)36-32-41-48(5,6)39-30-28-26-24-22-20-18-16-14-12-10-8-2/h7-43H2,1-6H3/q+1/p+1. The van der Waals surface area contributed by atoms with Gasteiger partial charge in [0.05, 0.1) is 54.4 Å². The molecule has 0 bridgehead atoms. The zero-order valence-electron chi connectivity index (χ0n) is 36.2. The fourth-order valence-electron chi connectivity index (χ4n) is 7.25. The molecular formula is C45H93N3O2S2+2. The minimum Gasteiger partial charge on any atom is -0.355 e. The van der Waals surface area contributed by atoms with Crippen LogP contribution in [0.25, 0.3) is 0 Å². The van der Waals surface area contributed by atoms with Crippen molar-refractivity contribution in [2.24, 2.45) is 0 Å².